The lowest BCUT2D eigenvalue weighted by Crippen LogP contribution is -2.49. The third-order valence-corrected chi connectivity index (χ3v) is 13.2. The van der Waals surface area contributed by atoms with Crippen LogP contribution in [0.5, 0.6) is 5.75 Å². The number of hydrogen-bond donors (Lipinski definition) is 2. The van der Waals surface area contributed by atoms with E-state index in [2.05, 4.69) is 59.0 Å². The monoisotopic (exact) mass is 762 g/mol. The van der Waals surface area contributed by atoms with Gasteiger partial charge in [0.1, 0.15) is 6.61 Å². The molecule has 1 aromatic rings. The maximum absolute atomic E-state index is 14.9. The molecule has 9 atom stereocenters. The van der Waals surface area contributed by atoms with Crippen LogP contribution >= 0.6 is 0 Å². The van der Waals surface area contributed by atoms with Crippen LogP contribution < -0.4 is 10.1 Å². The molecule has 1 saturated heterocycles. The van der Waals surface area contributed by atoms with Gasteiger partial charge in [-0.2, -0.15) is 0 Å². The summed E-state index contributed by atoms with van der Waals surface area (Å²) in [5, 5.41) is 15.2. The average Bonchev–Trinajstić information content (AvgIpc) is 3.48. The molecule has 316 valence electrons. The molecule has 6 heteroatoms. The van der Waals surface area contributed by atoms with Crippen molar-refractivity contribution in [1.82, 2.24) is 5.32 Å². The van der Waals surface area contributed by atoms with E-state index in [9.17, 15) is 9.50 Å². The molecule has 2 N–H and O–H groups in total. The first-order chi connectivity index (χ1) is 26.1. The van der Waals surface area contributed by atoms with Crippen molar-refractivity contribution < 1.29 is 23.7 Å². The van der Waals surface area contributed by atoms with E-state index in [1.54, 1.807) is 0 Å². The topological polar surface area (TPSA) is 60.0 Å². The number of benzene rings is 1. The number of nitrogens with one attached hydrogen (secondary N) is 1. The molecule has 54 heavy (non-hydrogen) atoms. The summed E-state index contributed by atoms with van der Waals surface area (Å²) in [4.78, 5) is 0. The summed E-state index contributed by atoms with van der Waals surface area (Å²) in [6.07, 6.45) is 17.7. The van der Waals surface area contributed by atoms with Crippen molar-refractivity contribution in [3.63, 3.8) is 0 Å². The highest BCUT2D eigenvalue weighted by Crippen LogP contribution is 2.63. The Morgan fingerprint density at radius 2 is 1.57 bits per heavy atom. The lowest BCUT2D eigenvalue weighted by molar-refractivity contribution is -0.273. The van der Waals surface area contributed by atoms with E-state index in [1.165, 1.54) is 12.5 Å². The summed E-state index contributed by atoms with van der Waals surface area (Å²) in [5.74, 6) is 1.82. The molecule has 1 aromatic carbocycles. The van der Waals surface area contributed by atoms with Crippen LogP contribution in [-0.2, 0) is 9.47 Å². The highest BCUT2D eigenvalue weighted by Gasteiger charge is 2.58. The average molecular weight is 762 g/mol. The van der Waals surface area contributed by atoms with Crippen molar-refractivity contribution in [2.24, 2.45) is 34.5 Å². The largest absolute Gasteiger partial charge is 0.486 e. The van der Waals surface area contributed by atoms with E-state index in [4.69, 9.17) is 14.2 Å². The summed E-state index contributed by atoms with van der Waals surface area (Å²) in [5.41, 5.74) is 1.07. The highest BCUT2D eigenvalue weighted by molar-refractivity contribution is 5.32. The zero-order valence-electron chi connectivity index (χ0n) is 37.8. The zero-order chi connectivity index (χ0) is 41.0. The molecule has 0 bridgehead atoms. The standard InChI is InChI=1S/C40H64FNO4.4C2H6/c1-7-12-28(4)42-35(9-3)30-13-15-34(41)36(27-30)44-24-10-19-39-20-18-32(29(5)33(39)14-16-37(39)43)38(6)22-23-40(21-17-31(38)8-2)45-25-11-26-46-40;4*1-2/h10,13,15,19,27-29,31-33,35,37,42-43H,7-9,11-12,14,16-18,20-26H2,1-6H3;4*1-2H3. The molecule has 9 unspecified atom stereocenters. The fraction of sp³-hybridized carbons (Fsp3) is 0.833. The number of rotatable bonds is 12. The van der Waals surface area contributed by atoms with Gasteiger partial charge in [-0.3, -0.25) is 0 Å². The fourth-order valence-corrected chi connectivity index (χ4v) is 10.6. The number of ether oxygens (including phenoxy) is 3. The minimum Gasteiger partial charge on any atom is -0.486 e. The van der Waals surface area contributed by atoms with Crippen LogP contribution in [0.4, 0.5) is 4.39 Å². The van der Waals surface area contributed by atoms with E-state index in [-0.39, 0.29) is 34.6 Å². The molecular formula is C48H88FNO4. The Morgan fingerprint density at radius 3 is 2.19 bits per heavy atom. The van der Waals surface area contributed by atoms with Crippen LogP contribution in [0.15, 0.2) is 30.4 Å². The molecule has 3 aliphatic carbocycles. The van der Waals surface area contributed by atoms with E-state index in [1.807, 2.05) is 67.5 Å². The number of aliphatic hydroxyl groups is 1. The van der Waals surface area contributed by atoms with Crippen LogP contribution in [0.2, 0.25) is 0 Å². The van der Waals surface area contributed by atoms with Crippen LogP contribution in [-0.4, -0.2) is 42.9 Å². The van der Waals surface area contributed by atoms with Crippen molar-refractivity contribution in [1.29, 1.82) is 0 Å². The van der Waals surface area contributed by atoms with Gasteiger partial charge in [0.25, 0.3) is 0 Å². The quantitative estimate of drug-likeness (QED) is 0.208. The Morgan fingerprint density at radius 1 is 0.907 bits per heavy atom. The summed E-state index contributed by atoms with van der Waals surface area (Å²) in [6.45, 7) is 31.9. The van der Waals surface area contributed by atoms with Crippen molar-refractivity contribution >= 4 is 0 Å². The fourth-order valence-electron chi connectivity index (χ4n) is 10.6. The van der Waals surface area contributed by atoms with Gasteiger partial charge < -0.3 is 24.6 Å². The van der Waals surface area contributed by atoms with Crippen LogP contribution in [0, 0.1) is 40.3 Å². The number of fused-ring (bicyclic) bond motifs is 1. The Hall–Kier alpha value is -1.47. The lowest BCUT2D eigenvalue weighted by Gasteiger charge is -2.54. The second kappa shape index (κ2) is 25.7. The van der Waals surface area contributed by atoms with Crippen LogP contribution in [0.1, 0.15) is 192 Å². The molecule has 0 aromatic heterocycles. The first-order valence-corrected chi connectivity index (χ1v) is 22.9. The maximum Gasteiger partial charge on any atom is 0.168 e. The van der Waals surface area contributed by atoms with Gasteiger partial charge in [-0.1, -0.05) is 121 Å². The molecular weight excluding hydrogens is 674 g/mol. The first kappa shape index (κ1) is 50.5. The van der Waals surface area contributed by atoms with Crippen molar-refractivity contribution in [3.05, 3.63) is 41.7 Å². The van der Waals surface area contributed by atoms with Crippen molar-refractivity contribution in [3.8, 4) is 5.75 Å². The first-order valence-electron chi connectivity index (χ1n) is 22.9. The van der Waals surface area contributed by atoms with E-state index >= 15 is 0 Å². The van der Waals surface area contributed by atoms with Crippen molar-refractivity contribution in [2.75, 3.05) is 19.8 Å². The summed E-state index contributed by atoms with van der Waals surface area (Å²) in [6, 6.07) is 5.86. The Bertz CT molecular complexity index is 1150. The minimum atomic E-state index is -0.377. The van der Waals surface area contributed by atoms with Crippen molar-refractivity contribution in [2.45, 2.75) is 204 Å². The van der Waals surface area contributed by atoms with Gasteiger partial charge in [0, 0.05) is 30.3 Å². The SMILES string of the molecule is CC.CC.CC.CC.CCCC(C)NC(CC)c1ccc(F)c(OCC=CC23CCC(C4(C)CCC5(CCC4CC)OCCCO5)C(C)C2CCC3O)c1. The predicted molar refractivity (Wildman–Crippen MR) is 230 cm³/mol. The molecule has 1 aliphatic heterocycles. The third kappa shape index (κ3) is 12.3. The molecule has 1 spiro atoms. The summed E-state index contributed by atoms with van der Waals surface area (Å²) in [7, 11) is 0. The Kier molecular flexibility index (Phi) is 24.1. The van der Waals surface area contributed by atoms with Gasteiger partial charge in [-0.15, -0.1) is 0 Å². The predicted octanol–water partition coefficient (Wildman–Crippen LogP) is 13.6. The Balaban J connectivity index is 0.00000171. The minimum absolute atomic E-state index is 0.167. The normalized spacial score (nSPS) is 31.1. The molecule has 1 heterocycles. The number of aliphatic hydroxyl groups excluding tert-OH is 1. The van der Waals surface area contributed by atoms with Gasteiger partial charge in [-0.25, -0.2) is 4.39 Å². The van der Waals surface area contributed by atoms with E-state index in [0.29, 0.717) is 42.1 Å². The van der Waals surface area contributed by atoms with Gasteiger partial charge in [0.15, 0.2) is 17.4 Å². The van der Waals surface area contributed by atoms with Gasteiger partial charge in [0.05, 0.1) is 19.3 Å². The lowest BCUT2D eigenvalue weighted by atomic mass is 9.50. The van der Waals surface area contributed by atoms with Gasteiger partial charge in [0.2, 0.25) is 0 Å². The van der Waals surface area contributed by atoms with Crippen LogP contribution in [0.25, 0.3) is 0 Å². The zero-order valence-corrected chi connectivity index (χ0v) is 37.8. The molecule has 4 aliphatic rings. The second-order valence-corrected chi connectivity index (χ2v) is 15.6. The van der Waals surface area contributed by atoms with Crippen LogP contribution in [0.3, 0.4) is 0 Å². The Labute approximate surface area is 334 Å². The maximum atomic E-state index is 14.9. The molecule has 3 saturated carbocycles. The summed E-state index contributed by atoms with van der Waals surface area (Å²) < 4.78 is 33.6. The van der Waals surface area contributed by atoms with Gasteiger partial charge >= 0.3 is 0 Å². The molecule has 4 fully saturated rings. The van der Waals surface area contributed by atoms with Gasteiger partial charge in [-0.05, 0) is 111 Å². The smallest absolute Gasteiger partial charge is 0.168 e. The highest BCUT2D eigenvalue weighted by atomic mass is 19.1. The summed E-state index contributed by atoms with van der Waals surface area (Å²) >= 11 is 0. The van der Waals surface area contributed by atoms with E-state index in [0.717, 1.165) is 95.8 Å². The van der Waals surface area contributed by atoms with E-state index < -0.39 is 0 Å². The molecule has 0 radical (unpaired) electrons. The second-order valence-electron chi connectivity index (χ2n) is 15.6. The molecule has 0 amide bonds. The molecule has 5 nitrogen and oxygen atoms in total. The molecule has 5 rings (SSSR count). The number of hydrogen-bond acceptors (Lipinski definition) is 5. The third-order valence-electron chi connectivity index (χ3n) is 13.2. The number of halogens is 1.